The standard InChI is InChI=1S/C10H22N2/c1-9(2)10-4-6-12(7-5-10)8-11-3/h9-11H,4-8H2,1-3H3. The quantitative estimate of drug-likeness (QED) is 0.691. The van der Waals surface area contributed by atoms with E-state index in [0.29, 0.717) is 0 Å². The van der Waals surface area contributed by atoms with E-state index >= 15 is 0 Å². The van der Waals surface area contributed by atoms with Gasteiger partial charge in [0.25, 0.3) is 0 Å². The van der Waals surface area contributed by atoms with Gasteiger partial charge in [0.05, 0.1) is 0 Å². The Hall–Kier alpha value is -0.0800. The van der Waals surface area contributed by atoms with Crippen LogP contribution < -0.4 is 5.32 Å². The fourth-order valence-corrected chi connectivity index (χ4v) is 2.00. The van der Waals surface area contributed by atoms with Crippen LogP contribution >= 0.6 is 0 Å². The molecule has 1 saturated heterocycles. The Balaban J connectivity index is 2.20. The number of hydrogen-bond donors (Lipinski definition) is 1. The number of hydrogen-bond acceptors (Lipinski definition) is 2. The van der Waals surface area contributed by atoms with Crippen LogP contribution in [0.5, 0.6) is 0 Å². The largest absolute Gasteiger partial charge is 0.307 e. The van der Waals surface area contributed by atoms with E-state index in [9.17, 15) is 0 Å². The van der Waals surface area contributed by atoms with E-state index in [-0.39, 0.29) is 0 Å². The fraction of sp³-hybridized carbons (Fsp3) is 1.00. The molecule has 72 valence electrons. The molecule has 0 aliphatic carbocycles. The van der Waals surface area contributed by atoms with Gasteiger partial charge in [-0.3, -0.25) is 4.90 Å². The highest BCUT2D eigenvalue weighted by Gasteiger charge is 2.20. The Kier molecular flexibility index (Phi) is 4.02. The van der Waals surface area contributed by atoms with Gasteiger partial charge in [0, 0.05) is 6.67 Å². The Morgan fingerprint density at radius 1 is 1.33 bits per heavy atom. The zero-order valence-corrected chi connectivity index (χ0v) is 8.64. The summed E-state index contributed by atoms with van der Waals surface area (Å²) in [6.45, 7) is 8.31. The zero-order valence-electron chi connectivity index (χ0n) is 8.64. The van der Waals surface area contributed by atoms with Crippen molar-refractivity contribution in [2.45, 2.75) is 26.7 Å². The van der Waals surface area contributed by atoms with Crippen LogP contribution in [0, 0.1) is 11.8 Å². The molecule has 1 heterocycles. The Bertz CT molecular complexity index is 115. The summed E-state index contributed by atoms with van der Waals surface area (Å²) in [4.78, 5) is 2.50. The van der Waals surface area contributed by atoms with Crippen molar-refractivity contribution in [2.75, 3.05) is 26.8 Å². The van der Waals surface area contributed by atoms with Crippen molar-refractivity contribution in [3.8, 4) is 0 Å². The second-order valence-electron chi connectivity index (χ2n) is 4.21. The van der Waals surface area contributed by atoms with Crippen LogP contribution in [0.2, 0.25) is 0 Å². The van der Waals surface area contributed by atoms with Gasteiger partial charge in [0.1, 0.15) is 0 Å². The van der Waals surface area contributed by atoms with Crippen molar-refractivity contribution < 1.29 is 0 Å². The molecular weight excluding hydrogens is 148 g/mol. The van der Waals surface area contributed by atoms with Crippen LogP contribution in [-0.2, 0) is 0 Å². The van der Waals surface area contributed by atoms with Crippen molar-refractivity contribution in [3.05, 3.63) is 0 Å². The van der Waals surface area contributed by atoms with Gasteiger partial charge in [-0.05, 0) is 44.8 Å². The summed E-state index contributed by atoms with van der Waals surface area (Å²) in [5.41, 5.74) is 0. The summed E-state index contributed by atoms with van der Waals surface area (Å²) in [7, 11) is 2.02. The van der Waals surface area contributed by atoms with Gasteiger partial charge in [0.15, 0.2) is 0 Å². The predicted molar refractivity (Wildman–Crippen MR) is 53.1 cm³/mol. The topological polar surface area (TPSA) is 15.3 Å². The van der Waals surface area contributed by atoms with E-state index in [1.54, 1.807) is 0 Å². The first-order chi connectivity index (χ1) is 5.74. The van der Waals surface area contributed by atoms with E-state index < -0.39 is 0 Å². The van der Waals surface area contributed by atoms with E-state index in [1.165, 1.54) is 25.9 Å². The average molecular weight is 170 g/mol. The van der Waals surface area contributed by atoms with Crippen LogP contribution in [0.25, 0.3) is 0 Å². The van der Waals surface area contributed by atoms with Crippen molar-refractivity contribution in [3.63, 3.8) is 0 Å². The molecular formula is C10H22N2. The highest BCUT2D eigenvalue weighted by atomic mass is 15.2. The number of nitrogens with zero attached hydrogens (tertiary/aromatic N) is 1. The average Bonchev–Trinajstić information content (AvgIpc) is 2.06. The summed E-state index contributed by atoms with van der Waals surface area (Å²) in [6.07, 6.45) is 2.78. The van der Waals surface area contributed by atoms with Crippen LogP contribution in [0.15, 0.2) is 0 Å². The monoisotopic (exact) mass is 170 g/mol. The third kappa shape index (κ3) is 2.76. The number of nitrogens with one attached hydrogen (secondary N) is 1. The molecule has 2 nitrogen and oxygen atoms in total. The lowest BCUT2D eigenvalue weighted by molar-refractivity contribution is 0.152. The normalized spacial score (nSPS) is 22.0. The van der Waals surface area contributed by atoms with Crippen LogP contribution in [0.4, 0.5) is 0 Å². The molecule has 0 spiro atoms. The van der Waals surface area contributed by atoms with Gasteiger partial charge >= 0.3 is 0 Å². The third-order valence-electron chi connectivity index (χ3n) is 2.96. The first-order valence-electron chi connectivity index (χ1n) is 5.11. The summed E-state index contributed by atoms with van der Waals surface area (Å²) >= 11 is 0. The van der Waals surface area contributed by atoms with Gasteiger partial charge in [-0.25, -0.2) is 0 Å². The fourth-order valence-electron chi connectivity index (χ4n) is 2.00. The maximum atomic E-state index is 3.21. The molecule has 0 aromatic rings. The molecule has 12 heavy (non-hydrogen) atoms. The van der Waals surface area contributed by atoms with Crippen molar-refractivity contribution >= 4 is 0 Å². The van der Waals surface area contributed by atoms with Gasteiger partial charge in [-0.2, -0.15) is 0 Å². The zero-order chi connectivity index (χ0) is 8.97. The summed E-state index contributed by atoms with van der Waals surface area (Å²) in [5.74, 6) is 1.85. The Morgan fingerprint density at radius 2 is 1.92 bits per heavy atom. The molecule has 2 heteroatoms. The van der Waals surface area contributed by atoms with Gasteiger partial charge < -0.3 is 5.32 Å². The van der Waals surface area contributed by atoms with Crippen LogP contribution in [0.1, 0.15) is 26.7 Å². The second-order valence-corrected chi connectivity index (χ2v) is 4.21. The molecule has 0 bridgehead atoms. The molecule has 0 radical (unpaired) electrons. The number of likely N-dealkylation sites (tertiary alicyclic amines) is 1. The smallest absolute Gasteiger partial charge is 0.0477 e. The molecule has 0 aromatic heterocycles. The molecule has 0 saturated carbocycles. The minimum atomic E-state index is 0.877. The van der Waals surface area contributed by atoms with E-state index in [2.05, 4.69) is 24.1 Å². The molecule has 0 amide bonds. The Labute approximate surface area is 76.3 Å². The maximum absolute atomic E-state index is 3.21. The number of piperidine rings is 1. The molecule has 1 fully saturated rings. The predicted octanol–water partition coefficient (Wildman–Crippen LogP) is 1.53. The molecule has 0 aromatic carbocycles. The minimum Gasteiger partial charge on any atom is -0.307 e. The molecule has 1 N–H and O–H groups in total. The van der Waals surface area contributed by atoms with Gasteiger partial charge in [-0.1, -0.05) is 13.8 Å². The lowest BCUT2D eigenvalue weighted by atomic mass is 9.87. The summed E-state index contributed by atoms with van der Waals surface area (Å²) in [5, 5.41) is 3.21. The second kappa shape index (κ2) is 4.83. The van der Waals surface area contributed by atoms with Crippen molar-refractivity contribution in [1.29, 1.82) is 0 Å². The Morgan fingerprint density at radius 3 is 2.33 bits per heavy atom. The third-order valence-corrected chi connectivity index (χ3v) is 2.96. The molecule has 0 atom stereocenters. The highest BCUT2D eigenvalue weighted by molar-refractivity contribution is 4.73. The van der Waals surface area contributed by atoms with E-state index in [1.807, 2.05) is 7.05 Å². The van der Waals surface area contributed by atoms with E-state index in [0.717, 1.165) is 18.5 Å². The summed E-state index contributed by atoms with van der Waals surface area (Å²) < 4.78 is 0. The molecule has 1 aliphatic rings. The first kappa shape index (κ1) is 10.0. The van der Waals surface area contributed by atoms with Gasteiger partial charge in [0.2, 0.25) is 0 Å². The van der Waals surface area contributed by atoms with Crippen molar-refractivity contribution in [2.24, 2.45) is 11.8 Å². The number of rotatable bonds is 3. The molecule has 0 unspecified atom stereocenters. The SMILES string of the molecule is CNCN1CCC(C(C)C)CC1. The minimum absolute atomic E-state index is 0.877. The maximum Gasteiger partial charge on any atom is 0.0477 e. The molecule has 1 rings (SSSR count). The molecule has 1 aliphatic heterocycles. The van der Waals surface area contributed by atoms with Crippen LogP contribution in [-0.4, -0.2) is 31.7 Å². The lowest BCUT2D eigenvalue weighted by Crippen LogP contribution is -2.39. The van der Waals surface area contributed by atoms with E-state index in [4.69, 9.17) is 0 Å². The van der Waals surface area contributed by atoms with Gasteiger partial charge in [-0.15, -0.1) is 0 Å². The summed E-state index contributed by atoms with van der Waals surface area (Å²) in [6, 6.07) is 0. The first-order valence-corrected chi connectivity index (χ1v) is 5.11. The van der Waals surface area contributed by atoms with Crippen molar-refractivity contribution in [1.82, 2.24) is 10.2 Å². The highest BCUT2D eigenvalue weighted by Crippen LogP contribution is 2.23. The lowest BCUT2D eigenvalue weighted by Gasteiger charge is -2.33. The van der Waals surface area contributed by atoms with Crippen LogP contribution in [0.3, 0.4) is 0 Å².